The second kappa shape index (κ2) is 11.3. The minimum Gasteiger partial charge on any atom is -0.465 e. The SMILES string of the molecule is CS(=O)(=O)n1ccc(C(=O)NCC(=O)Nc2nc(-c3cccc(-c4cccc(CNC(=O)O)c4)c3)cs2)c1. The summed E-state index contributed by atoms with van der Waals surface area (Å²) in [5.74, 6) is -1.07. The summed E-state index contributed by atoms with van der Waals surface area (Å²) in [7, 11) is -3.51. The van der Waals surface area contributed by atoms with Crippen LogP contribution in [0.3, 0.4) is 0 Å². The van der Waals surface area contributed by atoms with Crippen molar-refractivity contribution < 1.29 is 27.9 Å². The van der Waals surface area contributed by atoms with Gasteiger partial charge in [-0.3, -0.25) is 13.6 Å². The Morgan fingerprint density at radius 1 is 1.00 bits per heavy atom. The normalized spacial score (nSPS) is 11.1. The number of hydrogen-bond acceptors (Lipinski definition) is 7. The molecular weight excluding hydrogens is 530 g/mol. The second-order valence-electron chi connectivity index (χ2n) is 8.20. The number of thiazole rings is 1. The van der Waals surface area contributed by atoms with Crippen LogP contribution in [0.2, 0.25) is 0 Å². The first-order valence-electron chi connectivity index (χ1n) is 11.2. The fraction of sp³-hybridized carbons (Fsp3) is 0.120. The number of amides is 3. The molecule has 0 atom stereocenters. The highest BCUT2D eigenvalue weighted by Crippen LogP contribution is 2.29. The van der Waals surface area contributed by atoms with Gasteiger partial charge in [-0.2, -0.15) is 0 Å². The lowest BCUT2D eigenvalue weighted by molar-refractivity contribution is -0.115. The highest BCUT2D eigenvalue weighted by Gasteiger charge is 2.14. The van der Waals surface area contributed by atoms with Crippen LogP contribution in [0.5, 0.6) is 0 Å². The maximum absolute atomic E-state index is 12.3. The van der Waals surface area contributed by atoms with Crippen LogP contribution in [0.1, 0.15) is 15.9 Å². The van der Waals surface area contributed by atoms with Gasteiger partial charge in [-0.25, -0.2) is 18.2 Å². The molecule has 4 N–H and O–H groups in total. The largest absolute Gasteiger partial charge is 0.465 e. The molecule has 0 unspecified atom stereocenters. The van der Waals surface area contributed by atoms with Crippen LogP contribution in [0.25, 0.3) is 22.4 Å². The van der Waals surface area contributed by atoms with E-state index in [1.807, 2.05) is 48.5 Å². The number of nitrogens with zero attached hydrogens (tertiary/aromatic N) is 2. The van der Waals surface area contributed by atoms with Crippen molar-refractivity contribution in [3.8, 4) is 22.4 Å². The summed E-state index contributed by atoms with van der Waals surface area (Å²) in [5, 5.41) is 18.4. The molecule has 0 spiro atoms. The van der Waals surface area contributed by atoms with E-state index in [1.54, 1.807) is 5.38 Å². The molecule has 0 aliphatic carbocycles. The first kappa shape index (κ1) is 26.6. The lowest BCUT2D eigenvalue weighted by Crippen LogP contribution is -2.32. The van der Waals surface area contributed by atoms with Gasteiger partial charge in [0.15, 0.2) is 5.13 Å². The summed E-state index contributed by atoms with van der Waals surface area (Å²) in [6.45, 7) is -0.119. The number of hydrogen-bond donors (Lipinski definition) is 4. The molecule has 0 fully saturated rings. The first-order valence-corrected chi connectivity index (χ1v) is 13.9. The van der Waals surface area contributed by atoms with E-state index in [9.17, 15) is 22.8 Å². The zero-order valence-electron chi connectivity index (χ0n) is 20.0. The van der Waals surface area contributed by atoms with Crippen LogP contribution in [0.15, 0.2) is 72.4 Å². The molecule has 2 aromatic heterocycles. The second-order valence-corrected chi connectivity index (χ2v) is 10.9. The van der Waals surface area contributed by atoms with Gasteiger partial charge in [0, 0.05) is 29.9 Å². The lowest BCUT2D eigenvalue weighted by atomic mass is 10.0. The highest BCUT2D eigenvalue weighted by atomic mass is 32.2. The van der Waals surface area contributed by atoms with E-state index in [2.05, 4.69) is 20.9 Å². The molecule has 0 bridgehead atoms. The zero-order valence-corrected chi connectivity index (χ0v) is 21.7. The first-order chi connectivity index (χ1) is 18.1. The van der Waals surface area contributed by atoms with E-state index in [-0.39, 0.29) is 18.7 Å². The molecule has 196 valence electrons. The van der Waals surface area contributed by atoms with Crippen molar-refractivity contribution in [1.29, 1.82) is 0 Å². The van der Waals surface area contributed by atoms with Gasteiger partial charge in [0.25, 0.3) is 5.91 Å². The van der Waals surface area contributed by atoms with E-state index in [1.165, 1.54) is 29.8 Å². The molecule has 0 saturated heterocycles. The smallest absolute Gasteiger partial charge is 0.404 e. The van der Waals surface area contributed by atoms with E-state index < -0.39 is 27.9 Å². The van der Waals surface area contributed by atoms with Gasteiger partial charge in [-0.15, -0.1) is 11.3 Å². The molecule has 11 nitrogen and oxygen atoms in total. The molecule has 4 rings (SSSR count). The number of carbonyl (C=O) groups excluding carboxylic acids is 2. The maximum atomic E-state index is 12.3. The summed E-state index contributed by atoms with van der Waals surface area (Å²) >= 11 is 1.23. The Morgan fingerprint density at radius 3 is 2.42 bits per heavy atom. The fourth-order valence-corrected chi connectivity index (χ4v) is 4.83. The quantitative estimate of drug-likeness (QED) is 0.248. The molecule has 0 aliphatic rings. The monoisotopic (exact) mass is 553 g/mol. The topological polar surface area (TPSA) is 159 Å². The number of carbonyl (C=O) groups is 3. The summed E-state index contributed by atoms with van der Waals surface area (Å²) in [4.78, 5) is 39.8. The van der Waals surface area contributed by atoms with Crippen molar-refractivity contribution in [2.45, 2.75) is 6.54 Å². The highest BCUT2D eigenvalue weighted by molar-refractivity contribution is 7.89. The number of anilines is 1. The standard InChI is InChI=1S/C25H23N5O6S2/c1-38(35,36)30-9-8-20(14-30)23(32)26-13-22(31)29-24-28-21(15-37-24)19-7-3-6-18(11-19)17-5-2-4-16(10-17)12-27-25(33)34/h2-11,14-15,27H,12-13H2,1H3,(H,26,32)(H,33,34)(H,28,29,31). The predicted molar refractivity (Wildman–Crippen MR) is 143 cm³/mol. The van der Waals surface area contributed by atoms with E-state index in [0.717, 1.165) is 32.5 Å². The number of rotatable bonds is 9. The Kier molecular flexibility index (Phi) is 7.88. The summed E-state index contributed by atoms with van der Waals surface area (Å²) in [5.41, 5.74) is 4.27. The molecular formula is C25H23N5O6S2. The number of benzene rings is 2. The van der Waals surface area contributed by atoms with Crippen LogP contribution in [0, 0.1) is 0 Å². The molecule has 38 heavy (non-hydrogen) atoms. The molecule has 3 amide bonds. The van der Waals surface area contributed by atoms with Crippen LogP contribution in [0.4, 0.5) is 9.93 Å². The van der Waals surface area contributed by atoms with E-state index in [4.69, 9.17) is 5.11 Å². The van der Waals surface area contributed by atoms with Crippen molar-refractivity contribution in [3.63, 3.8) is 0 Å². The Bertz CT molecular complexity index is 1610. The van der Waals surface area contributed by atoms with Crippen molar-refractivity contribution in [2.24, 2.45) is 0 Å². The molecule has 2 heterocycles. The van der Waals surface area contributed by atoms with Gasteiger partial charge in [-0.1, -0.05) is 36.4 Å². The average molecular weight is 554 g/mol. The molecule has 0 aliphatic heterocycles. The van der Waals surface area contributed by atoms with Crippen LogP contribution in [-0.4, -0.2) is 53.2 Å². The minimum absolute atomic E-state index is 0.114. The van der Waals surface area contributed by atoms with Gasteiger partial charge >= 0.3 is 6.09 Å². The van der Waals surface area contributed by atoms with Crippen molar-refractivity contribution in [2.75, 3.05) is 18.1 Å². The van der Waals surface area contributed by atoms with Crippen molar-refractivity contribution in [1.82, 2.24) is 19.6 Å². The van der Waals surface area contributed by atoms with Gasteiger partial charge in [-0.05, 0) is 34.9 Å². The summed E-state index contributed by atoms with van der Waals surface area (Å²) in [6, 6.07) is 16.6. The zero-order chi connectivity index (χ0) is 27.3. The Labute approximate surface area is 222 Å². The maximum Gasteiger partial charge on any atom is 0.404 e. The Morgan fingerprint density at radius 2 is 1.71 bits per heavy atom. The third-order valence-electron chi connectivity index (χ3n) is 5.33. The number of aromatic nitrogens is 2. The van der Waals surface area contributed by atoms with Crippen molar-refractivity contribution >= 4 is 44.4 Å². The Balaban J connectivity index is 1.37. The van der Waals surface area contributed by atoms with Crippen LogP contribution >= 0.6 is 11.3 Å². The average Bonchev–Trinajstić information content (AvgIpc) is 3.57. The van der Waals surface area contributed by atoms with E-state index >= 15 is 0 Å². The third-order valence-corrected chi connectivity index (χ3v) is 7.09. The van der Waals surface area contributed by atoms with Gasteiger partial charge < -0.3 is 21.1 Å². The fourth-order valence-electron chi connectivity index (χ4n) is 3.50. The van der Waals surface area contributed by atoms with Crippen molar-refractivity contribution in [3.05, 3.63) is 83.5 Å². The summed E-state index contributed by atoms with van der Waals surface area (Å²) < 4.78 is 24.0. The molecule has 0 saturated carbocycles. The van der Waals surface area contributed by atoms with E-state index in [0.29, 0.717) is 10.8 Å². The number of nitrogens with one attached hydrogen (secondary N) is 3. The molecule has 2 aromatic carbocycles. The minimum atomic E-state index is -3.51. The molecule has 13 heteroatoms. The van der Waals surface area contributed by atoms with Crippen LogP contribution < -0.4 is 16.0 Å². The number of carboxylic acid groups (broad SMARTS) is 1. The molecule has 4 aromatic rings. The third kappa shape index (κ3) is 6.83. The lowest BCUT2D eigenvalue weighted by Gasteiger charge is -2.07. The predicted octanol–water partition coefficient (Wildman–Crippen LogP) is 3.22. The Hall–Kier alpha value is -4.49. The van der Waals surface area contributed by atoms with Gasteiger partial charge in [0.1, 0.15) is 0 Å². The van der Waals surface area contributed by atoms with Crippen LogP contribution in [-0.2, 0) is 21.4 Å². The molecule has 0 radical (unpaired) electrons. The van der Waals surface area contributed by atoms with Gasteiger partial charge in [0.2, 0.25) is 15.9 Å². The summed E-state index contributed by atoms with van der Waals surface area (Å²) in [6.07, 6.45) is 2.35. The van der Waals surface area contributed by atoms with Gasteiger partial charge in [0.05, 0.1) is 24.1 Å².